The first-order valence-electron chi connectivity index (χ1n) is 12.2. The van der Waals surface area contributed by atoms with Crippen LogP contribution >= 0.6 is 0 Å². The summed E-state index contributed by atoms with van der Waals surface area (Å²) in [6.07, 6.45) is 1.45. The summed E-state index contributed by atoms with van der Waals surface area (Å²) in [5, 5.41) is 15.7. The molecule has 8 heteroatoms. The van der Waals surface area contributed by atoms with Crippen LogP contribution in [0.2, 0.25) is 0 Å². The maximum atomic E-state index is 14.0. The third kappa shape index (κ3) is 9.23. The highest BCUT2D eigenvalue weighted by atomic mass is 16.6. The quantitative estimate of drug-likeness (QED) is 0.434. The van der Waals surface area contributed by atoms with Gasteiger partial charge in [-0.2, -0.15) is 0 Å². The molecule has 0 aromatic heterocycles. The van der Waals surface area contributed by atoms with E-state index in [1.54, 1.807) is 32.9 Å². The molecule has 3 N–H and O–H groups in total. The first-order valence-corrected chi connectivity index (χ1v) is 12.2. The zero-order valence-corrected chi connectivity index (χ0v) is 22.0. The maximum Gasteiger partial charge on any atom is 0.408 e. The first-order chi connectivity index (χ1) is 15.8. The van der Waals surface area contributed by atoms with E-state index in [1.165, 1.54) is 17.0 Å². The number of benzene rings is 1. The van der Waals surface area contributed by atoms with Crippen molar-refractivity contribution < 1.29 is 24.2 Å². The Balaban J connectivity index is 3.48. The number of phenolic OH excluding ortho intramolecular Hbond substituents is 1. The normalized spacial score (nSPS) is 14.1. The number of phenols is 1. The van der Waals surface area contributed by atoms with Gasteiger partial charge in [0.1, 0.15) is 23.4 Å². The number of aromatic hydroxyl groups is 1. The lowest BCUT2D eigenvalue weighted by Gasteiger charge is -2.36. The number of hydrogen-bond acceptors (Lipinski definition) is 5. The largest absolute Gasteiger partial charge is 0.508 e. The molecule has 3 amide bonds. The molecule has 8 nitrogen and oxygen atoms in total. The fraction of sp³-hybridized carbons (Fsp3) is 0.654. The molecular weight excluding hydrogens is 434 g/mol. The second-order valence-electron chi connectivity index (χ2n) is 10.1. The summed E-state index contributed by atoms with van der Waals surface area (Å²) in [6.45, 7) is 15.1. The molecule has 1 aromatic carbocycles. The SMILES string of the molecule is CCCCN(C(=O)C(NC(=O)OC(C)(C)C)C(C)CC)C(C(=O)NC(C)C)c1cccc(O)c1. The second-order valence-corrected chi connectivity index (χ2v) is 10.1. The summed E-state index contributed by atoms with van der Waals surface area (Å²) in [4.78, 5) is 41.4. The summed E-state index contributed by atoms with van der Waals surface area (Å²) >= 11 is 0. The highest BCUT2D eigenvalue weighted by Crippen LogP contribution is 2.27. The molecule has 0 aliphatic rings. The van der Waals surface area contributed by atoms with E-state index in [4.69, 9.17) is 4.74 Å². The Bertz CT molecular complexity index is 819. The summed E-state index contributed by atoms with van der Waals surface area (Å²) < 4.78 is 5.40. The van der Waals surface area contributed by atoms with E-state index in [9.17, 15) is 19.5 Å². The van der Waals surface area contributed by atoms with Crippen molar-refractivity contribution in [2.45, 2.75) is 98.4 Å². The van der Waals surface area contributed by atoms with Gasteiger partial charge in [0, 0.05) is 12.6 Å². The molecule has 3 atom stereocenters. The van der Waals surface area contributed by atoms with E-state index in [2.05, 4.69) is 10.6 Å². The van der Waals surface area contributed by atoms with E-state index in [0.29, 0.717) is 24.9 Å². The van der Waals surface area contributed by atoms with Crippen LogP contribution in [0.1, 0.15) is 86.3 Å². The van der Waals surface area contributed by atoms with Gasteiger partial charge < -0.3 is 25.4 Å². The van der Waals surface area contributed by atoms with Crippen LogP contribution in [0.5, 0.6) is 5.75 Å². The van der Waals surface area contributed by atoms with Crippen molar-refractivity contribution in [3.8, 4) is 5.75 Å². The average Bonchev–Trinajstić information content (AvgIpc) is 2.72. The van der Waals surface area contributed by atoms with Crippen molar-refractivity contribution >= 4 is 17.9 Å². The Kier molecular flexibility index (Phi) is 11.4. The minimum Gasteiger partial charge on any atom is -0.508 e. The fourth-order valence-electron chi connectivity index (χ4n) is 3.52. The van der Waals surface area contributed by atoms with Crippen molar-refractivity contribution in [3.05, 3.63) is 29.8 Å². The molecular formula is C26H43N3O5. The van der Waals surface area contributed by atoms with Crippen LogP contribution in [-0.4, -0.2) is 52.1 Å². The van der Waals surface area contributed by atoms with Crippen LogP contribution in [0.25, 0.3) is 0 Å². The molecule has 34 heavy (non-hydrogen) atoms. The van der Waals surface area contributed by atoms with Gasteiger partial charge in [0.05, 0.1) is 0 Å². The topological polar surface area (TPSA) is 108 Å². The minimum atomic E-state index is -0.958. The van der Waals surface area contributed by atoms with Crippen molar-refractivity contribution in [2.24, 2.45) is 5.92 Å². The number of carbonyl (C=O) groups excluding carboxylic acids is 3. The minimum absolute atomic E-state index is 0.00749. The maximum absolute atomic E-state index is 14.0. The van der Waals surface area contributed by atoms with E-state index >= 15 is 0 Å². The van der Waals surface area contributed by atoms with Crippen LogP contribution in [0, 0.1) is 5.92 Å². The smallest absolute Gasteiger partial charge is 0.408 e. The number of nitrogens with one attached hydrogen (secondary N) is 2. The number of amides is 3. The van der Waals surface area contributed by atoms with Crippen molar-refractivity contribution in [1.29, 1.82) is 0 Å². The van der Waals surface area contributed by atoms with E-state index in [-0.39, 0.29) is 29.5 Å². The third-order valence-electron chi connectivity index (χ3n) is 5.36. The van der Waals surface area contributed by atoms with Crippen LogP contribution in [0.3, 0.4) is 0 Å². The van der Waals surface area contributed by atoms with Crippen LogP contribution in [0.4, 0.5) is 4.79 Å². The number of hydrogen-bond donors (Lipinski definition) is 3. The highest BCUT2D eigenvalue weighted by Gasteiger charge is 2.38. The standard InChI is InChI=1S/C26H43N3O5/c1-9-11-15-29(22(23(31)27-17(3)4)19-13-12-14-20(30)16-19)24(32)21(18(5)10-2)28-25(33)34-26(6,7)8/h12-14,16-18,21-22,30H,9-11,15H2,1-8H3,(H,27,31)(H,28,33). The number of carbonyl (C=O) groups is 3. The van der Waals surface area contributed by atoms with E-state index in [0.717, 1.165) is 6.42 Å². The summed E-state index contributed by atoms with van der Waals surface area (Å²) in [5.74, 6) is -0.888. The lowest BCUT2D eigenvalue weighted by molar-refractivity contribution is -0.143. The predicted molar refractivity (Wildman–Crippen MR) is 133 cm³/mol. The number of rotatable bonds is 11. The van der Waals surface area contributed by atoms with Gasteiger partial charge in [-0.25, -0.2) is 4.79 Å². The average molecular weight is 478 g/mol. The molecule has 0 aliphatic carbocycles. The van der Waals surface area contributed by atoms with Gasteiger partial charge in [-0.05, 0) is 64.7 Å². The molecule has 192 valence electrons. The number of nitrogens with zero attached hydrogens (tertiary/aromatic N) is 1. The van der Waals surface area contributed by atoms with Gasteiger partial charge in [0.25, 0.3) is 0 Å². The molecule has 0 heterocycles. The third-order valence-corrected chi connectivity index (χ3v) is 5.36. The summed E-state index contributed by atoms with van der Waals surface area (Å²) in [5.41, 5.74) is -0.209. The van der Waals surface area contributed by atoms with E-state index in [1.807, 2.05) is 34.6 Å². The number of alkyl carbamates (subject to hydrolysis) is 1. The van der Waals surface area contributed by atoms with Crippen LogP contribution in [0.15, 0.2) is 24.3 Å². The fourth-order valence-corrected chi connectivity index (χ4v) is 3.52. The Morgan fingerprint density at radius 2 is 1.74 bits per heavy atom. The Hall–Kier alpha value is -2.77. The van der Waals surface area contributed by atoms with E-state index < -0.39 is 23.8 Å². The van der Waals surface area contributed by atoms with Crippen LogP contribution < -0.4 is 10.6 Å². The molecule has 1 rings (SSSR count). The molecule has 0 aliphatic heterocycles. The Morgan fingerprint density at radius 1 is 1.09 bits per heavy atom. The molecule has 0 bridgehead atoms. The van der Waals surface area contributed by atoms with Crippen LogP contribution in [-0.2, 0) is 14.3 Å². The lowest BCUT2D eigenvalue weighted by atomic mass is 9.95. The molecule has 0 fully saturated rings. The molecule has 0 spiro atoms. The molecule has 3 unspecified atom stereocenters. The Labute approximate surface area is 204 Å². The summed E-state index contributed by atoms with van der Waals surface area (Å²) in [7, 11) is 0. The first kappa shape index (κ1) is 29.3. The zero-order valence-electron chi connectivity index (χ0n) is 22.0. The lowest BCUT2D eigenvalue weighted by Crippen LogP contribution is -2.55. The van der Waals surface area contributed by atoms with Gasteiger partial charge in [-0.3, -0.25) is 9.59 Å². The highest BCUT2D eigenvalue weighted by molar-refractivity contribution is 5.92. The zero-order chi connectivity index (χ0) is 26.1. The van der Waals surface area contributed by atoms with Gasteiger partial charge in [0.15, 0.2) is 0 Å². The molecule has 0 radical (unpaired) electrons. The monoisotopic (exact) mass is 477 g/mol. The van der Waals surface area contributed by atoms with Crippen molar-refractivity contribution in [1.82, 2.24) is 15.5 Å². The van der Waals surface area contributed by atoms with Crippen molar-refractivity contribution in [2.75, 3.05) is 6.54 Å². The second kappa shape index (κ2) is 13.2. The molecule has 1 aromatic rings. The van der Waals surface area contributed by atoms with Gasteiger partial charge >= 0.3 is 6.09 Å². The molecule has 0 saturated heterocycles. The predicted octanol–water partition coefficient (Wildman–Crippen LogP) is 4.53. The van der Waals surface area contributed by atoms with Gasteiger partial charge in [-0.1, -0.05) is 45.7 Å². The number of ether oxygens (including phenoxy) is 1. The van der Waals surface area contributed by atoms with Crippen molar-refractivity contribution in [3.63, 3.8) is 0 Å². The molecule has 0 saturated carbocycles. The van der Waals surface area contributed by atoms with Gasteiger partial charge in [0.2, 0.25) is 11.8 Å². The van der Waals surface area contributed by atoms with Gasteiger partial charge in [-0.15, -0.1) is 0 Å². The Morgan fingerprint density at radius 3 is 2.24 bits per heavy atom. The summed E-state index contributed by atoms with van der Waals surface area (Å²) in [6, 6.07) is 4.41. The number of unbranched alkanes of at least 4 members (excludes halogenated alkanes) is 1.